The molecule has 9 heteroatoms. The number of halogens is 5. The van der Waals surface area contributed by atoms with E-state index in [0.29, 0.717) is 0 Å². The zero-order valence-electron chi connectivity index (χ0n) is 5.98. The van der Waals surface area contributed by atoms with Gasteiger partial charge in [-0.15, -0.1) is 4.20 Å². The van der Waals surface area contributed by atoms with Crippen LogP contribution in [-0.2, 0) is 13.6 Å². The Morgan fingerprint density at radius 2 is 1.62 bits per heavy atom. The van der Waals surface area contributed by atoms with Gasteiger partial charge in [-0.3, -0.25) is 9.05 Å². The normalized spacial score (nSPS) is 41.9. The fourth-order valence-electron chi connectivity index (χ4n) is 0.601. The highest BCUT2D eigenvalue weighted by molar-refractivity contribution is 7.48. The third kappa shape index (κ3) is 2.18. The van der Waals surface area contributed by atoms with Crippen LogP contribution in [0.1, 0.15) is 0 Å². The van der Waals surface area contributed by atoms with Crippen molar-refractivity contribution in [3.8, 4) is 0 Å². The Morgan fingerprint density at radius 3 is 1.92 bits per heavy atom. The SMILES string of the molecule is O=P1(F)OCC(F)(C(F)(F)F)CO1. The zero-order valence-corrected chi connectivity index (χ0v) is 6.87. The first kappa shape index (κ1) is 10.9. The van der Waals surface area contributed by atoms with Gasteiger partial charge < -0.3 is 0 Å². The second kappa shape index (κ2) is 2.90. The Morgan fingerprint density at radius 1 is 1.23 bits per heavy atom. The van der Waals surface area contributed by atoms with Crippen molar-refractivity contribution < 1.29 is 35.4 Å². The van der Waals surface area contributed by atoms with Crippen molar-refractivity contribution in [1.29, 1.82) is 0 Å². The van der Waals surface area contributed by atoms with Crippen LogP contribution in [0, 0.1) is 0 Å². The molecule has 0 aromatic heterocycles. The molecule has 0 aliphatic carbocycles. The van der Waals surface area contributed by atoms with E-state index < -0.39 is 33.0 Å². The molecule has 0 bridgehead atoms. The summed E-state index contributed by atoms with van der Waals surface area (Å²) in [6.45, 7) is -3.30. The Kier molecular flexibility index (Phi) is 2.42. The first-order valence-corrected chi connectivity index (χ1v) is 4.44. The lowest BCUT2D eigenvalue weighted by Crippen LogP contribution is -2.50. The molecular formula is C4H4F5O3P. The third-order valence-electron chi connectivity index (χ3n) is 1.40. The lowest BCUT2D eigenvalue weighted by Gasteiger charge is -2.31. The molecule has 1 rings (SSSR count). The zero-order chi connectivity index (χ0) is 10.3. The van der Waals surface area contributed by atoms with Crippen molar-refractivity contribution >= 4 is 7.91 Å². The molecule has 0 radical (unpaired) electrons. The summed E-state index contributed by atoms with van der Waals surface area (Å²) < 4.78 is 77.6. The van der Waals surface area contributed by atoms with Gasteiger partial charge in [0.1, 0.15) is 13.2 Å². The van der Waals surface area contributed by atoms with E-state index >= 15 is 0 Å². The summed E-state index contributed by atoms with van der Waals surface area (Å²) in [6, 6.07) is 0. The van der Waals surface area contributed by atoms with Crippen molar-refractivity contribution in [2.24, 2.45) is 0 Å². The predicted octanol–water partition coefficient (Wildman–Crippen LogP) is 2.38. The summed E-state index contributed by atoms with van der Waals surface area (Å²) in [5.74, 6) is 0. The van der Waals surface area contributed by atoms with Crippen molar-refractivity contribution in [3.63, 3.8) is 0 Å². The Hall–Kier alpha value is -0.200. The number of hydrogen-bond acceptors (Lipinski definition) is 3. The summed E-state index contributed by atoms with van der Waals surface area (Å²) in [5.41, 5.74) is -3.78. The van der Waals surface area contributed by atoms with E-state index in [2.05, 4.69) is 9.05 Å². The fraction of sp³-hybridized carbons (Fsp3) is 1.00. The average molecular weight is 226 g/mol. The molecule has 0 spiro atoms. The molecule has 0 aromatic rings. The first-order valence-electron chi connectivity index (χ1n) is 3.01. The van der Waals surface area contributed by atoms with Crippen LogP contribution in [0.3, 0.4) is 0 Å². The molecule has 1 saturated heterocycles. The second-order valence-corrected chi connectivity index (χ2v) is 3.82. The smallest absolute Gasteiger partial charge is 0.280 e. The molecular weight excluding hydrogens is 222 g/mol. The molecule has 78 valence electrons. The molecule has 13 heavy (non-hydrogen) atoms. The second-order valence-electron chi connectivity index (χ2n) is 2.44. The first-order chi connectivity index (χ1) is 5.66. The molecule has 3 nitrogen and oxygen atoms in total. The van der Waals surface area contributed by atoms with Gasteiger partial charge in [0, 0.05) is 0 Å². The molecule has 0 N–H and O–H groups in total. The lowest BCUT2D eigenvalue weighted by molar-refractivity contribution is -0.256. The minimum Gasteiger partial charge on any atom is -0.280 e. The van der Waals surface area contributed by atoms with E-state index in [1.165, 1.54) is 0 Å². The Bertz CT molecular complexity index is 239. The highest BCUT2D eigenvalue weighted by Gasteiger charge is 2.61. The molecule has 1 fully saturated rings. The van der Waals surface area contributed by atoms with Crippen LogP contribution < -0.4 is 0 Å². The van der Waals surface area contributed by atoms with Gasteiger partial charge in [-0.2, -0.15) is 13.2 Å². The molecule has 1 aliphatic heterocycles. The van der Waals surface area contributed by atoms with Gasteiger partial charge in [0.2, 0.25) is 0 Å². The van der Waals surface area contributed by atoms with E-state index in [4.69, 9.17) is 0 Å². The van der Waals surface area contributed by atoms with E-state index in [9.17, 15) is 26.3 Å². The Balaban J connectivity index is 2.73. The fourth-order valence-corrected chi connectivity index (χ4v) is 1.39. The lowest BCUT2D eigenvalue weighted by atomic mass is 10.1. The maximum Gasteiger partial charge on any atom is 0.513 e. The van der Waals surface area contributed by atoms with Gasteiger partial charge in [-0.1, -0.05) is 0 Å². The van der Waals surface area contributed by atoms with Gasteiger partial charge in [-0.05, 0) is 0 Å². The van der Waals surface area contributed by atoms with Crippen LogP contribution in [0.5, 0.6) is 0 Å². The summed E-state index contributed by atoms with van der Waals surface area (Å²) in [6.07, 6.45) is -5.23. The van der Waals surface area contributed by atoms with Crippen molar-refractivity contribution in [1.82, 2.24) is 0 Å². The van der Waals surface area contributed by atoms with Gasteiger partial charge in [0.25, 0.3) is 5.67 Å². The molecule has 0 saturated carbocycles. The standard InChI is InChI=1S/C4H4F5O3P/c5-3(4(6,7)8)1-11-13(9,10)12-2-3/h1-2H2. The molecule has 1 aliphatic rings. The minimum atomic E-state index is -5.23. The topological polar surface area (TPSA) is 35.5 Å². The van der Waals surface area contributed by atoms with Crippen molar-refractivity contribution in [2.75, 3.05) is 13.2 Å². The highest BCUT2D eigenvalue weighted by atomic mass is 31.2. The molecule has 1 heterocycles. The maximum atomic E-state index is 12.8. The molecule has 0 atom stereocenters. The highest BCUT2D eigenvalue weighted by Crippen LogP contribution is 2.56. The molecule has 0 amide bonds. The summed E-state index contributed by atoms with van der Waals surface area (Å²) in [4.78, 5) is 0. The van der Waals surface area contributed by atoms with Crippen LogP contribution in [0.15, 0.2) is 0 Å². The molecule has 0 aromatic carbocycles. The predicted molar refractivity (Wildman–Crippen MR) is 30.5 cm³/mol. The largest absolute Gasteiger partial charge is 0.513 e. The monoisotopic (exact) mass is 226 g/mol. The Labute approximate surface area is 69.5 Å². The number of hydrogen-bond donors (Lipinski definition) is 0. The van der Waals surface area contributed by atoms with Crippen LogP contribution in [-0.4, -0.2) is 25.1 Å². The van der Waals surface area contributed by atoms with Gasteiger partial charge in [-0.25, -0.2) is 8.96 Å². The van der Waals surface area contributed by atoms with Gasteiger partial charge in [0.05, 0.1) is 0 Å². The minimum absolute atomic E-state index is 1.65. The van der Waals surface area contributed by atoms with Crippen molar-refractivity contribution in [3.05, 3.63) is 0 Å². The van der Waals surface area contributed by atoms with Crippen LogP contribution in [0.4, 0.5) is 21.8 Å². The number of alkyl halides is 4. The van der Waals surface area contributed by atoms with E-state index in [1.54, 1.807) is 0 Å². The van der Waals surface area contributed by atoms with E-state index in [0.717, 1.165) is 0 Å². The van der Waals surface area contributed by atoms with Crippen molar-refractivity contribution in [2.45, 2.75) is 11.8 Å². The van der Waals surface area contributed by atoms with Crippen LogP contribution in [0.2, 0.25) is 0 Å². The quantitative estimate of drug-likeness (QED) is 0.469. The number of rotatable bonds is 0. The van der Waals surface area contributed by atoms with E-state index in [1.807, 2.05) is 0 Å². The van der Waals surface area contributed by atoms with Crippen LogP contribution in [0.25, 0.3) is 0 Å². The van der Waals surface area contributed by atoms with Crippen LogP contribution >= 0.6 is 7.91 Å². The average Bonchev–Trinajstić information content (AvgIpc) is 1.94. The summed E-state index contributed by atoms with van der Waals surface area (Å²) >= 11 is 0. The molecule has 0 unspecified atom stereocenters. The van der Waals surface area contributed by atoms with E-state index in [-0.39, 0.29) is 0 Å². The maximum absolute atomic E-state index is 12.8. The van der Waals surface area contributed by atoms with Gasteiger partial charge in [0.15, 0.2) is 0 Å². The summed E-state index contributed by atoms with van der Waals surface area (Å²) in [7, 11) is -4.98. The summed E-state index contributed by atoms with van der Waals surface area (Å²) in [5, 5.41) is 0. The third-order valence-corrected chi connectivity index (χ3v) is 2.28. The van der Waals surface area contributed by atoms with Gasteiger partial charge >= 0.3 is 14.1 Å².